The lowest BCUT2D eigenvalue weighted by Crippen LogP contribution is -2.49. The molecule has 1 aromatic carbocycles. The van der Waals surface area contributed by atoms with Crippen molar-refractivity contribution in [3.63, 3.8) is 0 Å². The van der Waals surface area contributed by atoms with Crippen molar-refractivity contribution in [3.05, 3.63) is 29.3 Å². The van der Waals surface area contributed by atoms with Gasteiger partial charge in [0, 0.05) is 45.3 Å². The second-order valence-electron chi connectivity index (χ2n) is 6.63. The zero-order valence-corrected chi connectivity index (χ0v) is 14.2. The van der Waals surface area contributed by atoms with Crippen molar-refractivity contribution >= 4 is 5.91 Å². The number of ether oxygens (including phenoxy) is 1. The third-order valence-corrected chi connectivity index (χ3v) is 4.88. The Morgan fingerprint density at radius 2 is 2.04 bits per heavy atom. The molecule has 3 rings (SSSR count). The van der Waals surface area contributed by atoms with Gasteiger partial charge >= 0.3 is 0 Å². The molecule has 0 aromatic heterocycles. The summed E-state index contributed by atoms with van der Waals surface area (Å²) in [6, 6.07) is 6.60. The van der Waals surface area contributed by atoms with E-state index in [1.165, 1.54) is 0 Å². The van der Waals surface area contributed by atoms with Gasteiger partial charge in [0.25, 0.3) is 5.91 Å². The molecule has 5 heteroatoms. The summed E-state index contributed by atoms with van der Waals surface area (Å²) in [7, 11) is 0. The maximum Gasteiger partial charge on any atom is 0.260 e. The minimum absolute atomic E-state index is 0.101. The molecule has 2 aliphatic heterocycles. The summed E-state index contributed by atoms with van der Waals surface area (Å²) in [6.45, 7) is 10.2. The monoisotopic (exact) mass is 317 g/mol. The maximum atomic E-state index is 12.4. The van der Waals surface area contributed by atoms with Gasteiger partial charge in [-0.1, -0.05) is 12.1 Å². The van der Waals surface area contributed by atoms with Crippen LogP contribution in [0.5, 0.6) is 5.75 Å². The molecular formula is C18H27N3O2. The quantitative estimate of drug-likeness (QED) is 0.906. The van der Waals surface area contributed by atoms with Gasteiger partial charge in [0.1, 0.15) is 5.75 Å². The molecular weight excluding hydrogens is 290 g/mol. The van der Waals surface area contributed by atoms with E-state index in [1.54, 1.807) is 0 Å². The highest BCUT2D eigenvalue weighted by Gasteiger charge is 2.30. The number of likely N-dealkylation sites (tertiary alicyclic amines) is 1. The Morgan fingerprint density at radius 1 is 1.26 bits per heavy atom. The highest BCUT2D eigenvalue weighted by Crippen LogP contribution is 2.20. The molecule has 2 aliphatic rings. The van der Waals surface area contributed by atoms with Crippen LogP contribution in [0.1, 0.15) is 17.5 Å². The highest BCUT2D eigenvalue weighted by molar-refractivity contribution is 5.78. The van der Waals surface area contributed by atoms with Crippen molar-refractivity contribution in [1.29, 1.82) is 0 Å². The number of aryl methyl sites for hydroxylation is 2. The number of hydrogen-bond acceptors (Lipinski definition) is 4. The van der Waals surface area contributed by atoms with Crippen molar-refractivity contribution < 1.29 is 9.53 Å². The predicted molar refractivity (Wildman–Crippen MR) is 90.8 cm³/mol. The molecule has 1 unspecified atom stereocenters. The second kappa shape index (κ2) is 7.32. The van der Waals surface area contributed by atoms with Gasteiger partial charge in [0.15, 0.2) is 6.61 Å². The number of carbonyl (C=O) groups excluding carboxylic acids is 1. The van der Waals surface area contributed by atoms with Gasteiger partial charge in [-0.15, -0.1) is 0 Å². The standard InChI is InChI=1S/C18H27N3O2/c1-14-3-4-15(2)17(11-14)23-13-18(22)21-8-5-16(12-21)20-9-6-19-7-10-20/h3-4,11,16,19H,5-10,12-13H2,1-2H3. The van der Waals surface area contributed by atoms with Crippen LogP contribution in [0.15, 0.2) is 18.2 Å². The van der Waals surface area contributed by atoms with Gasteiger partial charge in [-0.05, 0) is 37.5 Å². The van der Waals surface area contributed by atoms with Crippen LogP contribution in [0.25, 0.3) is 0 Å². The molecule has 0 aliphatic carbocycles. The lowest BCUT2D eigenvalue weighted by Gasteiger charge is -2.32. The Morgan fingerprint density at radius 3 is 2.83 bits per heavy atom. The van der Waals surface area contributed by atoms with Gasteiger partial charge in [-0.25, -0.2) is 0 Å². The zero-order valence-electron chi connectivity index (χ0n) is 14.2. The van der Waals surface area contributed by atoms with E-state index in [0.717, 1.165) is 62.6 Å². The molecule has 1 atom stereocenters. The van der Waals surface area contributed by atoms with Gasteiger partial charge < -0.3 is 15.0 Å². The van der Waals surface area contributed by atoms with Crippen LogP contribution in [0.2, 0.25) is 0 Å². The first kappa shape index (κ1) is 16.3. The Labute approximate surface area is 138 Å². The minimum Gasteiger partial charge on any atom is -0.483 e. The number of benzene rings is 1. The molecule has 0 spiro atoms. The largest absolute Gasteiger partial charge is 0.483 e. The van der Waals surface area contributed by atoms with Crippen molar-refractivity contribution in [3.8, 4) is 5.75 Å². The molecule has 2 fully saturated rings. The summed E-state index contributed by atoms with van der Waals surface area (Å²) in [4.78, 5) is 16.9. The number of nitrogens with one attached hydrogen (secondary N) is 1. The predicted octanol–water partition coefficient (Wildman–Crippen LogP) is 1.19. The topological polar surface area (TPSA) is 44.8 Å². The van der Waals surface area contributed by atoms with Crippen LogP contribution in [0, 0.1) is 13.8 Å². The van der Waals surface area contributed by atoms with Crippen molar-refractivity contribution in [1.82, 2.24) is 15.1 Å². The molecule has 1 aromatic rings. The highest BCUT2D eigenvalue weighted by atomic mass is 16.5. The van der Waals surface area contributed by atoms with Crippen LogP contribution < -0.4 is 10.1 Å². The summed E-state index contributed by atoms with van der Waals surface area (Å²) in [5, 5.41) is 3.38. The molecule has 0 bridgehead atoms. The summed E-state index contributed by atoms with van der Waals surface area (Å²) in [5.41, 5.74) is 2.22. The Bertz CT molecular complexity index is 555. The van der Waals surface area contributed by atoms with Crippen LogP contribution in [-0.2, 0) is 4.79 Å². The molecule has 1 amide bonds. The average molecular weight is 317 g/mol. The number of rotatable bonds is 4. The first-order chi connectivity index (χ1) is 11.1. The fraction of sp³-hybridized carbons (Fsp3) is 0.611. The third-order valence-electron chi connectivity index (χ3n) is 4.88. The van der Waals surface area contributed by atoms with Gasteiger partial charge in [0.2, 0.25) is 0 Å². The Kier molecular flexibility index (Phi) is 5.18. The van der Waals surface area contributed by atoms with E-state index in [9.17, 15) is 4.79 Å². The number of piperazine rings is 1. The first-order valence-electron chi connectivity index (χ1n) is 8.56. The molecule has 2 saturated heterocycles. The fourth-order valence-electron chi connectivity index (χ4n) is 3.41. The smallest absolute Gasteiger partial charge is 0.260 e. The summed E-state index contributed by atoms with van der Waals surface area (Å²) < 4.78 is 5.76. The van der Waals surface area contributed by atoms with E-state index < -0.39 is 0 Å². The normalized spacial score (nSPS) is 22.3. The second-order valence-corrected chi connectivity index (χ2v) is 6.63. The lowest BCUT2D eigenvalue weighted by atomic mass is 10.1. The van der Waals surface area contributed by atoms with Gasteiger partial charge in [-0.2, -0.15) is 0 Å². The van der Waals surface area contributed by atoms with Crippen molar-refractivity contribution in [2.45, 2.75) is 26.3 Å². The summed E-state index contributed by atoms with van der Waals surface area (Å²) >= 11 is 0. The van der Waals surface area contributed by atoms with Crippen LogP contribution in [-0.4, -0.2) is 67.6 Å². The number of amides is 1. The summed E-state index contributed by atoms with van der Waals surface area (Å²) in [6.07, 6.45) is 1.08. The SMILES string of the molecule is Cc1ccc(C)c(OCC(=O)N2CCC(N3CCNCC3)C2)c1. The van der Waals surface area contributed by atoms with E-state index >= 15 is 0 Å². The first-order valence-corrected chi connectivity index (χ1v) is 8.56. The Hall–Kier alpha value is -1.59. The van der Waals surface area contributed by atoms with Crippen LogP contribution in [0.4, 0.5) is 0 Å². The molecule has 2 heterocycles. The zero-order chi connectivity index (χ0) is 16.2. The lowest BCUT2D eigenvalue weighted by molar-refractivity contribution is -0.132. The average Bonchev–Trinajstić information content (AvgIpc) is 3.06. The maximum absolute atomic E-state index is 12.4. The van der Waals surface area contributed by atoms with Gasteiger partial charge in [-0.3, -0.25) is 9.69 Å². The van der Waals surface area contributed by atoms with Crippen molar-refractivity contribution in [2.75, 3.05) is 45.9 Å². The summed E-state index contributed by atoms with van der Waals surface area (Å²) in [5.74, 6) is 0.916. The molecule has 0 saturated carbocycles. The van der Waals surface area contributed by atoms with Crippen LogP contribution in [0.3, 0.4) is 0 Å². The van der Waals surface area contributed by atoms with E-state index in [4.69, 9.17) is 4.74 Å². The third kappa shape index (κ3) is 4.03. The van der Waals surface area contributed by atoms with E-state index in [1.807, 2.05) is 30.9 Å². The van der Waals surface area contributed by atoms with Gasteiger partial charge in [0.05, 0.1) is 0 Å². The molecule has 5 nitrogen and oxygen atoms in total. The molecule has 1 N–H and O–H groups in total. The van der Waals surface area contributed by atoms with Crippen molar-refractivity contribution in [2.24, 2.45) is 0 Å². The number of hydrogen-bond donors (Lipinski definition) is 1. The van der Waals surface area contributed by atoms with E-state index in [-0.39, 0.29) is 12.5 Å². The fourth-order valence-corrected chi connectivity index (χ4v) is 3.41. The molecule has 23 heavy (non-hydrogen) atoms. The molecule has 0 radical (unpaired) electrons. The van der Waals surface area contributed by atoms with Crippen LogP contribution >= 0.6 is 0 Å². The Balaban J connectivity index is 1.50. The van der Waals surface area contributed by atoms with E-state index in [2.05, 4.69) is 16.3 Å². The number of nitrogens with zero attached hydrogens (tertiary/aromatic N) is 2. The van der Waals surface area contributed by atoms with E-state index in [0.29, 0.717) is 6.04 Å². The molecule has 126 valence electrons. The minimum atomic E-state index is 0.101. The number of carbonyl (C=O) groups is 1.